The van der Waals surface area contributed by atoms with Crippen molar-refractivity contribution in [3.8, 4) is 5.75 Å². The number of nitrogens with zero attached hydrogens (tertiary/aromatic N) is 1. The Balaban J connectivity index is 1.83. The molecule has 1 N–H and O–H groups in total. The van der Waals surface area contributed by atoms with E-state index in [9.17, 15) is 14.0 Å². The van der Waals surface area contributed by atoms with E-state index in [0.717, 1.165) is 5.56 Å². The second kappa shape index (κ2) is 10.1. The summed E-state index contributed by atoms with van der Waals surface area (Å²) in [5.41, 5.74) is 0.762. The van der Waals surface area contributed by atoms with Crippen molar-refractivity contribution in [2.24, 2.45) is 0 Å². The third kappa shape index (κ3) is 6.73. The van der Waals surface area contributed by atoms with Crippen LogP contribution in [0.1, 0.15) is 12.5 Å². The molecule has 144 valence electrons. The summed E-state index contributed by atoms with van der Waals surface area (Å²) < 4.78 is 18.3. The molecule has 0 aliphatic carbocycles. The zero-order valence-electron chi connectivity index (χ0n) is 14.7. The first kappa shape index (κ1) is 21.0. The van der Waals surface area contributed by atoms with Gasteiger partial charge in [0.05, 0.1) is 11.6 Å². The lowest BCUT2D eigenvalue weighted by Gasteiger charge is -2.20. The first-order valence-corrected chi connectivity index (χ1v) is 9.01. The number of benzene rings is 2. The second-order valence-electron chi connectivity index (χ2n) is 5.67. The number of hydrogen-bond acceptors (Lipinski definition) is 3. The number of hydrogen-bond donors (Lipinski definition) is 1. The highest BCUT2D eigenvalue weighted by Crippen LogP contribution is 2.27. The average molecular weight is 413 g/mol. The maximum Gasteiger partial charge on any atom is 0.260 e. The van der Waals surface area contributed by atoms with E-state index in [2.05, 4.69) is 5.32 Å². The van der Waals surface area contributed by atoms with Crippen LogP contribution in [-0.2, 0) is 16.1 Å². The van der Waals surface area contributed by atoms with Gasteiger partial charge in [-0.1, -0.05) is 35.3 Å². The Hall–Kier alpha value is -2.31. The van der Waals surface area contributed by atoms with Crippen molar-refractivity contribution in [1.82, 2.24) is 10.2 Å². The van der Waals surface area contributed by atoms with Crippen molar-refractivity contribution in [3.05, 3.63) is 63.9 Å². The van der Waals surface area contributed by atoms with Crippen molar-refractivity contribution >= 4 is 35.0 Å². The molecule has 0 heterocycles. The monoisotopic (exact) mass is 412 g/mol. The summed E-state index contributed by atoms with van der Waals surface area (Å²) in [4.78, 5) is 25.7. The fourth-order valence-electron chi connectivity index (χ4n) is 2.23. The van der Waals surface area contributed by atoms with Crippen LogP contribution in [0.25, 0.3) is 0 Å². The highest BCUT2D eigenvalue weighted by Gasteiger charge is 2.17. The van der Waals surface area contributed by atoms with Crippen molar-refractivity contribution in [3.63, 3.8) is 0 Å². The van der Waals surface area contributed by atoms with Gasteiger partial charge in [0.2, 0.25) is 5.91 Å². The Morgan fingerprint density at radius 1 is 1.15 bits per heavy atom. The lowest BCUT2D eigenvalue weighted by atomic mass is 10.2. The molecule has 0 radical (unpaired) electrons. The molecule has 0 spiro atoms. The number of ether oxygens (including phenoxy) is 1. The molecule has 27 heavy (non-hydrogen) atoms. The Morgan fingerprint density at radius 2 is 1.85 bits per heavy atom. The molecule has 0 saturated heterocycles. The van der Waals surface area contributed by atoms with E-state index in [1.807, 2.05) is 0 Å². The SMILES string of the molecule is CCN(CC(=O)NCc1ccc(F)cc1)C(=O)COc1cc(Cl)ccc1Cl. The number of likely N-dealkylation sites (N-methyl/N-ethyl adjacent to an activating group) is 1. The zero-order valence-corrected chi connectivity index (χ0v) is 16.2. The van der Waals surface area contributed by atoms with E-state index < -0.39 is 0 Å². The highest BCUT2D eigenvalue weighted by atomic mass is 35.5. The maximum absolute atomic E-state index is 12.9. The normalized spacial score (nSPS) is 10.4. The molecule has 0 atom stereocenters. The maximum atomic E-state index is 12.9. The zero-order chi connectivity index (χ0) is 19.8. The molecule has 0 aromatic heterocycles. The van der Waals surface area contributed by atoms with Crippen LogP contribution in [0, 0.1) is 5.82 Å². The van der Waals surface area contributed by atoms with Crippen LogP contribution in [-0.4, -0.2) is 36.4 Å². The minimum Gasteiger partial charge on any atom is -0.482 e. The van der Waals surface area contributed by atoms with Gasteiger partial charge in [-0.25, -0.2) is 4.39 Å². The fraction of sp³-hybridized carbons (Fsp3) is 0.263. The number of rotatable bonds is 8. The standard InChI is InChI=1S/C19H19Cl2FN2O3/c1-2-24(11-18(25)23-10-13-3-6-15(22)7-4-13)19(26)12-27-17-9-14(20)5-8-16(17)21/h3-9H,2,10-12H2,1H3,(H,23,25). The lowest BCUT2D eigenvalue weighted by Crippen LogP contribution is -2.42. The van der Waals surface area contributed by atoms with Gasteiger partial charge in [-0.3, -0.25) is 9.59 Å². The number of carbonyl (C=O) groups excluding carboxylic acids is 2. The molecular weight excluding hydrogens is 394 g/mol. The number of carbonyl (C=O) groups is 2. The van der Waals surface area contributed by atoms with Crippen LogP contribution >= 0.6 is 23.2 Å². The molecule has 2 amide bonds. The van der Waals surface area contributed by atoms with E-state index in [-0.39, 0.29) is 37.3 Å². The van der Waals surface area contributed by atoms with Crippen LogP contribution < -0.4 is 10.1 Å². The van der Waals surface area contributed by atoms with Gasteiger partial charge in [-0.05, 0) is 36.8 Å². The largest absolute Gasteiger partial charge is 0.482 e. The van der Waals surface area contributed by atoms with Crippen LogP contribution in [0.3, 0.4) is 0 Å². The van der Waals surface area contributed by atoms with Gasteiger partial charge in [0.25, 0.3) is 5.91 Å². The molecule has 0 unspecified atom stereocenters. The molecule has 0 saturated carbocycles. The number of amides is 2. The minimum absolute atomic E-state index is 0.108. The van der Waals surface area contributed by atoms with Gasteiger partial charge in [0, 0.05) is 24.2 Å². The van der Waals surface area contributed by atoms with E-state index in [1.54, 1.807) is 31.2 Å². The number of nitrogens with one attached hydrogen (secondary N) is 1. The minimum atomic E-state index is -0.356. The summed E-state index contributed by atoms with van der Waals surface area (Å²) >= 11 is 11.9. The molecule has 8 heteroatoms. The second-order valence-corrected chi connectivity index (χ2v) is 6.52. The van der Waals surface area contributed by atoms with Gasteiger partial charge in [0.1, 0.15) is 11.6 Å². The Labute approximate surface area is 167 Å². The Kier molecular flexibility index (Phi) is 7.88. The first-order chi connectivity index (χ1) is 12.9. The van der Waals surface area contributed by atoms with E-state index >= 15 is 0 Å². The van der Waals surface area contributed by atoms with Crippen molar-refractivity contribution in [2.75, 3.05) is 19.7 Å². The smallest absolute Gasteiger partial charge is 0.260 e. The van der Waals surface area contributed by atoms with E-state index in [1.165, 1.54) is 23.1 Å². The Morgan fingerprint density at radius 3 is 2.52 bits per heavy atom. The van der Waals surface area contributed by atoms with Crippen LogP contribution in [0.4, 0.5) is 4.39 Å². The predicted octanol–water partition coefficient (Wildman–Crippen LogP) is 3.68. The molecule has 0 aliphatic heterocycles. The van der Waals surface area contributed by atoms with E-state index in [0.29, 0.717) is 22.3 Å². The van der Waals surface area contributed by atoms with Crippen molar-refractivity contribution in [2.45, 2.75) is 13.5 Å². The summed E-state index contributed by atoms with van der Waals surface area (Å²) in [5.74, 6) is -0.720. The molecule has 0 fully saturated rings. The topological polar surface area (TPSA) is 58.6 Å². The van der Waals surface area contributed by atoms with Crippen molar-refractivity contribution in [1.29, 1.82) is 0 Å². The van der Waals surface area contributed by atoms with Gasteiger partial charge in [-0.15, -0.1) is 0 Å². The molecule has 2 rings (SSSR count). The summed E-state index contributed by atoms with van der Waals surface area (Å²) in [6.07, 6.45) is 0. The summed E-state index contributed by atoms with van der Waals surface area (Å²) in [5, 5.41) is 3.47. The van der Waals surface area contributed by atoms with Crippen LogP contribution in [0.5, 0.6) is 5.75 Å². The molecule has 0 aliphatic rings. The lowest BCUT2D eigenvalue weighted by molar-refractivity contribution is -0.137. The summed E-state index contributed by atoms with van der Waals surface area (Å²) in [6, 6.07) is 10.5. The average Bonchev–Trinajstić information content (AvgIpc) is 2.66. The molecular formula is C19H19Cl2FN2O3. The summed E-state index contributed by atoms with van der Waals surface area (Å²) in [7, 11) is 0. The quantitative estimate of drug-likeness (QED) is 0.719. The molecule has 2 aromatic rings. The molecule has 5 nitrogen and oxygen atoms in total. The van der Waals surface area contributed by atoms with E-state index in [4.69, 9.17) is 27.9 Å². The van der Waals surface area contributed by atoms with Gasteiger partial charge in [0.15, 0.2) is 6.61 Å². The van der Waals surface area contributed by atoms with Crippen LogP contribution in [0.15, 0.2) is 42.5 Å². The first-order valence-electron chi connectivity index (χ1n) is 8.25. The molecule has 0 bridgehead atoms. The third-order valence-corrected chi connectivity index (χ3v) is 4.26. The number of halogens is 3. The highest BCUT2D eigenvalue weighted by molar-refractivity contribution is 6.34. The van der Waals surface area contributed by atoms with Gasteiger partial charge < -0.3 is 15.0 Å². The summed E-state index contributed by atoms with van der Waals surface area (Å²) in [6.45, 7) is 1.98. The fourth-order valence-corrected chi connectivity index (χ4v) is 2.56. The van der Waals surface area contributed by atoms with Gasteiger partial charge in [-0.2, -0.15) is 0 Å². The third-order valence-electron chi connectivity index (χ3n) is 3.72. The Bertz CT molecular complexity index is 800. The van der Waals surface area contributed by atoms with Crippen molar-refractivity contribution < 1.29 is 18.7 Å². The predicted molar refractivity (Wildman–Crippen MR) is 102 cm³/mol. The van der Waals surface area contributed by atoms with Gasteiger partial charge >= 0.3 is 0 Å². The molecule has 2 aromatic carbocycles. The van der Waals surface area contributed by atoms with Crippen LogP contribution in [0.2, 0.25) is 10.0 Å².